The number of Topliss-reactive ketones (excluding diaryl/α,β-unsaturated/α-hetero) is 1. The summed E-state index contributed by atoms with van der Waals surface area (Å²) in [6.45, 7) is 0.195. The zero-order valence-corrected chi connectivity index (χ0v) is 11.4. The van der Waals surface area contributed by atoms with Crippen molar-refractivity contribution in [3.05, 3.63) is 23.8 Å². The molecule has 1 aliphatic heterocycles. The van der Waals surface area contributed by atoms with Gasteiger partial charge in [0, 0.05) is 21.6 Å². The number of benzene rings is 1. The van der Waals surface area contributed by atoms with Crippen LogP contribution in [0.5, 0.6) is 11.5 Å². The minimum absolute atomic E-state index is 0.0801. The molecule has 19 heavy (non-hydrogen) atoms. The van der Waals surface area contributed by atoms with E-state index in [-0.39, 0.29) is 23.6 Å². The largest absolute Gasteiger partial charge is 0.454 e. The van der Waals surface area contributed by atoms with Gasteiger partial charge in [-0.05, 0) is 31.0 Å². The Kier molecular flexibility index (Phi) is 3.55. The topological polar surface area (TPSA) is 52.6 Å². The fourth-order valence-electron chi connectivity index (χ4n) is 2.55. The normalized spacial score (nSPS) is 19.6. The van der Waals surface area contributed by atoms with Crippen LogP contribution in [0.2, 0.25) is 0 Å². The fourth-order valence-corrected chi connectivity index (χ4v) is 4.07. The molecule has 1 aliphatic carbocycles. The van der Waals surface area contributed by atoms with Gasteiger partial charge in [0.25, 0.3) is 0 Å². The number of rotatable bonds is 4. The van der Waals surface area contributed by atoms with Crippen molar-refractivity contribution in [1.29, 1.82) is 0 Å². The number of hydrogen-bond donors (Lipinski definition) is 0. The molecule has 0 spiro atoms. The number of ketones is 1. The Balaban J connectivity index is 1.68. The van der Waals surface area contributed by atoms with E-state index in [1.165, 1.54) is 0 Å². The van der Waals surface area contributed by atoms with Gasteiger partial charge in [-0.15, -0.1) is 0 Å². The molecular formula is C14H16O4S. The molecule has 3 rings (SSSR count). The molecule has 0 N–H and O–H groups in total. The third kappa shape index (κ3) is 2.66. The van der Waals surface area contributed by atoms with Gasteiger partial charge in [0.05, 0.1) is 5.75 Å². The molecule has 0 radical (unpaired) electrons. The van der Waals surface area contributed by atoms with Crippen molar-refractivity contribution in [3.63, 3.8) is 0 Å². The van der Waals surface area contributed by atoms with Gasteiger partial charge in [0.1, 0.15) is 0 Å². The highest BCUT2D eigenvalue weighted by Crippen LogP contribution is 2.32. The molecule has 1 atom stereocenters. The van der Waals surface area contributed by atoms with Gasteiger partial charge < -0.3 is 9.47 Å². The van der Waals surface area contributed by atoms with Crippen LogP contribution >= 0.6 is 0 Å². The molecule has 102 valence electrons. The van der Waals surface area contributed by atoms with Gasteiger partial charge >= 0.3 is 0 Å². The van der Waals surface area contributed by atoms with Crippen LogP contribution in [0, 0.1) is 0 Å². The van der Waals surface area contributed by atoms with E-state index >= 15 is 0 Å². The van der Waals surface area contributed by atoms with Crippen LogP contribution in [0.25, 0.3) is 0 Å². The quantitative estimate of drug-likeness (QED) is 0.794. The SMILES string of the molecule is O=C(CS(=O)C1CCCC1)c1ccc2c(c1)OCO2. The molecule has 0 saturated heterocycles. The summed E-state index contributed by atoms with van der Waals surface area (Å²) in [5.41, 5.74) is 0.551. The highest BCUT2D eigenvalue weighted by atomic mass is 32.2. The summed E-state index contributed by atoms with van der Waals surface area (Å²) >= 11 is 0. The Bertz CT molecular complexity index is 520. The van der Waals surface area contributed by atoms with Crippen molar-refractivity contribution in [2.24, 2.45) is 0 Å². The van der Waals surface area contributed by atoms with Crippen LogP contribution in [0.3, 0.4) is 0 Å². The highest BCUT2D eigenvalue weighted by molar-refractivity contribution is 7.86. The first-order valence-electron chi connectivity index (χ1n) is 6.54. The van der Waals surface area contributed by atoms with Crippen LogP contribution in [-0.4, -0.2) is 27.8 Å². The van der Waals surface area contributed by atoms with Crippen LogP contribution in [0.1, 0.15) is 36.0 Å². The molecule has 1 aromatic carbocycles. The van der Waals surface area contributed by atoms with Crippen LogP contribution < -0.4 is 9.47 Å². The Hall–Kier alpha value is -1.36. The molecule has 2 aliphatic rings. The third-order valence-electron chi connectivity index (χ3n) is 3.64. The Morgan fingerprint density at radius 2 is 1.95 bits per heavy atom. The van der Waals surface area contributed by atoms with Gasteiger partial charge in [-0.25, -0.2) is 0 Å². The lowest BCUT2D eigenvalue weighted by atomic mass is 10.1. The first kappa shape index (κ1) is 12.7. The molecule has 5 heteroatoms. The van der Waals surface area contributed by atoms with E-state index in [9.17, 15) is 9.00 Å². The zero-order valence-electron chi connectivity index (χ0n) is 10.6. The summed E-state index contributed by atoms with van der Waals surface area (Å²) in [6, 6.07) is 5.12. The maximum atomic E-state index is 12.1. The number of fused-ring (bicyclic) bond motifs is 1. The molecule has 1 aromatic rings. The third-order valence-corrected chi connectivity index (χ3v) is 5.40. The average Bonchev–Trinajstić information content (AvgIpc) is 3.09. The number of carbonyl (C=O) groups is 1. The smallest absolute Gasteiger partial charge is 0.231 e. The summed E-state index contributed by atoms with van der Waals surface area (Å²) < 4.78 is 22.5. The second-order valence-electron chi connectivity index (χ2n) is 4.92. The number of carbonyl (C=O) groups excluding carboxylic acids is 1. The second-order valence-corrected chi connectivity index (χ2v) is 6.64. The summed E-state index contributed by atoms with van der Waals surface area (Å²) in [6.07, 6.45) is 4.24. The molecule has 1 saturated carbocycles. The molecule has 0 amide bonds. The van der Waals surface area contributed by atoms with Gasteiger partial charge in [0.2, 0.25) is 6.79 Å². The van der Waals surface area contributed by atoms with Gasteiger partial charge in [0.15, 0.2) is 17.3 Å². The van der Waals surface area contributed by atoms with Gasteiger partial charge in [-0.1, -0.05) is 12.8 Å². The standard InChI is InChI=1S/C14H16O4S/c15-12(8-19(16)11-3-1-2-4-11)10-5-6-13-14(7-10)18-9-17-13/h5-7,11H,1-4,8-9H2. The fraction of sp³-hybridized carbons (Fsp3) is 0.500. The van der Waals surface area contributed by atoms with E-state index in [4.69, 9.17) is 9.47 Å². The Morgan fingerprint density at radius 3 is 2.74 bits per heavy atom. The lowest BCUT2D eigenvalue weighted by molar-refractivity contribution is 0.102. The van der Waals surface area contributed by atoms with Crippen molar-refractivity contribution >= 4 is 16.6 Å². The lowest BCUT2D eigenvalue weighted by Crippen LogP contribution is -2.19. The van der Waals surface area contributed by atoms with Crippen LogP contribution in [0.15, 0.2) is 18.2 Å². The molecule has 1 fully saturated rings. The van der Waals surface area contributed by atoms with Crippen molar-refractivity contribution in [2.75, 3.05) is 12.5 Å². The van der Waals surface area contributed by atoms with Crippen molar-refractivity contribution in [3.8, 4) is 11.5 Å². The minimum Gasteiger partial charge on any atom is -0.454 e. The van der Waals surface area contributed by atoms with Gasteiger partial charge in [-0.3, -0.25) is 9.00 Å². The lowest BCUT2D eigenvalue weighted by Gasteiger charge is -2.08. The van der Waals surface area contributed by atoms with Crippen molar-refractivity contribution in [1.82, 2.24) is 0 Å². The molecule has 4 nitrogen and oxygen atoms in total. The predicted octanol–water partition coefficient (Wildman–Crippen LogP) is 2.29. The maximum absolute atomic E-state index is 12.1. The molecule has 1 heterocycles. The second kappa shape index (κ2) is 5.33. The molecule has 1 unspecified atom stereocenters. The Morgan fingerprint density at radius 1 is 1.21 bits per heavy atom. The van der Waals surface area contributed by atoms with Gasteiger partial charge in [-0.2, -0.15) is 0 Å². The van der Waals surface area contributed by atoms with E-state index in [1.807, 2.05) is 0 Å². The maximum Gasteiger partial charge on any atom is 0.231 e. The monoisotopic (exact) mass is 280 g/mol. The van der Waals surface area contributed by atoms with E-state index in [1.54, 1.807) is 18.2 Å². The summed E-state index contributed by atoms with van der Waals surface area (Å²) in [5.74, 6) is 1.29. The zero-order chi connectivity index (χ0) is 13.2. The Labute approximate surface area is 114 Å². The van der Waals surface area contributed by atoms with Crippen molar-refractivity contribution in [2.45, 2.75) is 30.9 Å². The highest BCUT2D eigenvalue weighted by Gasteiger charge is 2.24. The van der Waals surface area contributed by atoms with E-state index in [2.05, 4.69) is 0 Å². The predicted molar refractivity (Wildman–Crippen MR) is 72.2 cm³/mol. The van der Waals surface area contributed by atoms with E-state index < -0.39 is 10.8 Å². The van der Waals surface area contributed by atoms with Crippen LogP contribution in [-0.2, 0) is 10.8 Å². The van der Waals surface area contributed by atoms with E-state index in [0.717, 1.165) is 25.7 Å². The van der Waals surface area contributed by atoms with E-state index in [0.29, 0.717) is 17.1 Å². The molecule has 0 aromatic heterocycles. The first-order chi connectivity index (χ1) is 9.24. The summed E-state index contributed by atoms with van der Waals surface area (Å²) in [7, 11) is -1.05. The molecular weight excluding hydrogens is 264 g/mol. The van der Waals surface area contributed by atoms with Crippen molar-refractivity contribution < 1.29 is 18.5 Å². The molecule has 0 bridgehead atoms. The summed E-state index contributed by atoms with van der Waals surface area (Å²) in [5, 5.41) is 0.206. The number of hydrogen-bond acceptors (Lipinski definition) is 4. The first-order valence-corrected chi connectivity index (χ1v) is 7.92. The van der Waals surface area contributed by atoms with Crippen LogP contribution in [0.4, 0.5) is 0 Å². The minimum atomic E-state index is -1.05. The summed E-state index contributed by atoms with van der Waals surface area (Å²) in [4.78, 5) is 12.1. The average molecular weight is 280 g/mol. The number of ether oxygens (including phenoxy) is 2.